The first-order valence-electron chi connectivity index (χ1n) is 12.3. The van der Waals surface area contributed by atoms with Gasteiger partial charge in [-0.05, 0) is 53.6 Å². The summed E-state index contributed by atoms with van der Waals surface area (Å²) in [4.78, 5) is 14.6. The predicted molar refractivity (Wildman–Crippen MR) is 154 cm³/mol. The van der Waals surface area contributed by atoms with Gasteiger partial charge in [-0.15, -0.1) is 0 Å². The van der Waals surface area contributed by atoms with Gasteiger partial charge in [0.05, 0.1) is 0 Å². The summed E-state index contributed by atoms with van der Waals surface area (Å²) < 4.78 is 6.13. The maximum Gasteiger partial charge on any atom is 0.164 e. The summed E-state index contributed by atoms with van der Waals surface area (Å²) in [7, 11) is 0. The number of hydrogen-bond donors (Lipinski definition) is 0. The van der Waals surface area contributed by atoms with Crippen molar-refractivity contribution in [3.63, 3.8) is 0 Å². The van der Waals surface area contributed by atoms with Gasteiger partial charge >= 0.3 is 0 Å². The Morgan fingerprint density at radius 3 is 1.63 bits per heavy atom. The van der Waals surface area contributed by atoms with Crippen molar-refractivity contribution in [2.45, 2.75) is 0 Å². The Kier molecular flexibility index (Phi) is 5.46. The molecule has 2 aromatic heterocycles. The Labute approximate surface area is 224 Å². The van der Waals surface area contributed by atoms with Crippen molar-refractivity contribution >= 4 is 33.5 Å². The van der Waals surface area contributed by atoms with E-state index in [-0.39, 0.29) is 0 Å². The lowest BCUT2D eigenvalue weighted by Gasteiger charge is -2.09. The molecule has 5 aromatic carbocycles. The van der Waals surface area contributed by atoms with Crippen LogP contribution in [0.15, 0.2) is 126 Å². The zero-order valence-electron chi connectivity index (χ0n) is 20.2. The highest BCUT2D eigenvalue weighted by molar-refractivity contribution is 6.30. The van der Waals surface area contributed by atoms with E-state index in [1.54, 1.807) is 0 Å². The predicted octanol–water partition coefficient (Wildman–Crippen LogP) is 9.09. The van der Waals surface area contributed by atoms with Crippen LogP contribution in [0.5, 0.6) is 0 Å². The molecule has 0 unspecified atom stereocenters. The van der Waals surface area contributed by atoms with Crippen molar-refractivity contribution in [2.75, 3.05) is 0 Å². The summed E-state index contributed by atoms with van der Waals surface area (Å²) in [5, 5.41) is 2.81. The molecule has 0 bridgehead atoms. The summed E-state index contributed by atoms with van der Waals surface area (Å²) in [6.07, 6.45) is 0. The van der Waals surface area contributed by atoms with Crippen LogP contribution in [0.1, 0.15) is 0 Å². The van der Waals surface area contributed by atoms with Gasteiger partial charge in [-0.25, -0.2) is 15.0 Å². The average Bonchev–Trinajstić information content (AvgIpc) is 3.36. The van der Waals surface area contributed by atoms with E-state index in [0.29, 0.717) is 22.5 Å². The van der Waals surface area contributed by atoms with E-state index < -0.39 is 0 Å². The van der Waals surface area contributed by atoms with Gasteiger partial charge in [-0.3, -0.25) is 0 Å². The molecule has 2 heterocycles. The molecule has 0 aliphatic rings. The molecule has 0 aliphatic heterocycles. The number of nitrogens with zero attached hydrogens (tertiary/aromatic N) is 3. The Hall–Kier alpha value is -4.80. The van der Waals surface area contributed by atoms with E-state index in [0.717, 1.165) is 49.8 Å². The van der Waals surface area contributed by atoms with Gasteiger partial charge < -0.3 is 4.42 Å². The van der Waals surface area contributed by atoms with Gasteiger partial charge in [0.15, 0.2) is 17.5 Å². The SMILES string of the molecule is Clc1ccc(-c2nc(-c3ccc(-c4ccccc4)cc3)nc(-c3ccc4c(c3)oc3ccccc34)n2)cc1. The highest BCUT2D eigenvalue weighted by Crippen LogP contribution is 2.33. The molecule has 0 fully saturated rings. The van der Waals surface area contributed by atoms with Crippen LogP contribution in [0.4, 0.5) is 0 Å². The zero-order valence-corrected chi connectivity index (χ0v) is 20.9. The summed E-state index contributed by atoms with van der Waals surface area (Å²) in [5.41, 5.74) is 6.59. The van der Waals surface area contributed by atoms with Gasteiger partial charge in [0.1, 0.15) is 11.2 Å². The highest BCUT2D eigenvalue weighted by atomic mass is 35.5. The number of para-hydroxylation sites is 1. The third-order valence-corrected chi connectivity index (χ3v) is 6.88. The monoisotopic (exact) mass is 509 g/mol. The van der Waals surface area contributed by atoms with E-state index in [4.69, 9.17) is 31.0 Å². The van der Waals surface area contributed by atoms with Gasteiger partial charge in [-0.1, -0.05) is 90.5 Å². The molecule has 38 heavy (non-hydrogen) atoms. The quantitative estimate of drug-likeness (QED) is 0.237. The zero-order chi connectivity index (χ0) is 25.5. The van der Waals surface area contributed by atoms with Crippen molar-refractivity contribution in [2.24, 2.45) is 0 Å². The maximum absolute atomic E-state index is 6.14. The summed E-state index contributed by atoms with van der Waals surface area (Å²) in [5.74, 6) is 1.76. The Morgan fingerprint density at radius 2 is 0.921 bits per heavy atom. The fourth-order valence-electron chi connectivity index (χ4n) is 4.67. The Morgan fingerprint density at radius 1 is 0.421 bits per heavy atom. The number of furan rings is 1. The fraction of sp³-hybridized carbons (Fsp3) is 0. The Bertz CT molecular complexity index is 1910. The normalized spacial score (nSPS) is 11.3. The average molecular weight is 510 g/mol. The van der Waals surface area contributed by atoms with Crippen LogP contribution in [0, 0.1) is 0 Å². The molecule has 5 heteroatoms. The molecular formula is C33H20ClN3O. The van der Waals surface area contributed by atoms with Gasteiger partial charge in [0, 0.05) is 32.5 Å². The summed E-state index contributed by atoms with van der Waals surface area (Å²) in [6.45, 7) is 0. The molecular weight excluding hydrogens is 490 g/mol. The molecule has 7 aromatic rings. The van der Waals surface area contributed by atoms with Crippen LogP contribution in [0.3, 0.4) is 0 Å². The number of benzene rings is 5. The lowest BCUT2D eigenvalue weighted by atomic mass is 10.0. The van der Waals surface area contributed by atoms with E-state index in [9.17, 15) is 0 Å². The number of fused-ring (bicyclic) bond motifs is 3. The first kappa shape index (κ1) is 22.4. The minimum absolute atomic E-state index is 0.578. The second-order valence-electron chi connectivity index (χ2n) is 9.07. The largest absolute Gasteiger partial charge is 0.456 e. The number of halogens is 1. The fourth-order valence-corrected chi connectivity index (χ4v) is 4.80. The van der Waals surface area contributed by atoms with E-state index in [1.807, 2.05) is 72.8 Å². The van der Waals surface area contributed by atoms with Crippen molar-refractivity contribution in [3.05, 3.63) is 126 Å². The van der Waals surface area contributed by atoms with Crippen molar-refractivity contribution < 1.29 is 4.42 Å². The van der Waals surface area contributed by atoms with Gasteiger partial charge in [-0.2, -0.15) is 0 Å². The lowest BCUT2D eigenvalue weighted by Crippen LogP contribution is -2.00. The number of hydrogen-bond acceptors (Lipinski definition) is 4. The summed E-state index contributed by atoms with van der Waals surface area (Å²) in [6, 6.07) is 40.3. The van der Waals surface area contributed by atoms with E-state index in [1.165, 1.54) is 0 Å². The van der Waals surface area contributed by atoms with E-state index in [2.05, 4.69) is 48.5 Å². The van der Waals surface area contributed by atoms with Crippen LogP contribution in [0.2, 0.25) is 5.02 Å². The van der Waals surface area contributed by atoms with Crippen LogP contribution in [-0.2, 0) is 0 Å². The molecule has 0 N–H and O–H groups in total. The van der Waals surface area contributed by atoms with Gasteiger partial charge in [0.25, 0.3) is 0 Å². The molecule has 0 saturated carbocycles. The van der Waals surface area contributed by atoms with Crippen molar-refractivity contribution in [3.8, 4) is 45.3 Å². The molecule has 0 amide bonds. The van der Waals surface area contributed by atoms with E-state index >= 15 is 0 Å². The Balaban J connectivity index is 1.36. The smallest absolute Gasteiger partial charge is 0.164 e. The molecule has 0 saturated heterocycles. The van der Waals surface area contributed by atoms with Crippen LogP contribution in [-0.4, -0.2) is 15.0 Å². The molecule has 0 radical (unpaired) electrons. The number of aromatic nitrogens is 3. The topological polar surface area (TPSA) is 51.8 Å². The van der Waals surface area contributed by atoms with Crippen molar-refractivity contribution in [1.82, 2.24) is 15.0 Å². The highest BCUT2D eigenvalue weighted by Gasteiger charge is 2.14. The van der Waals surface area contributed by atoms with Crippen LogP contribution < -0.4 is 0 Å². The molecule has 0 spiro atoms. The maximum atomic E-state index is 6.14. The molecule has 7 rings (SSSR count). The first-order chi connectivity index (χ1) is 18.7. The number of rotatable bonds is 4. The minimum Gasteiger partial charge on any atom is -0.456 e. The first-order valence-corrected chi connectivity index (χ1v) is 12.7. The molecule has 4 nitrogen and oxygen atoms in total. The van der Waals surface area contributed by atoms with Crippen LogP contribution in [0.25, 0.3) is 67.2 Å². The van der Waals surface area contributed by atoms with Crippen LogP contribution >= 0.6 is 11.6 Å². The lowest BCUT2D eigenvalue weighted by molar-refractivity contribution is 0.669. The second-order valence-corrected chi connectivity index (χ2v) is 9.50. The molecule has 0 atom stereocenters. The third kappa shape index (κ3) is 4.11. The van der Waals surface area contributed by atoms with Gasteiger partial charge in [0.2, 0.25) is 0 Å². The molecule has 0 aliphatic carbocycles. The molecule has 180 valence electrons. The summed E-state index contributed by atoms with van der Waals surface area (Å²) >= 11 is 6.14. The minimum atomic E-state index is 0.578. The second kappa shape index (κ2) is 9.25. The standard InChI is InChI=1S/C33H20ClN3O/c34-26-17-14-24(15-18-26)32-35-31(23-12-10-22(11-13-23)21-6-2-1-3-7-21)36-33(37-32)25-16-19-28-27-8-4-5-9-29(27)38-30(28)20-25/h1-20H. The van der Waals surface area contributed by atoms with Crippen molar-refractivity contribution in [1.29, 1.82) is 0 Å². The third-order valence-electron chi connectivity index (χ3n) is 6.63.